The molecule has 2 amide bonds. The molecule has 0 saturated carbocycles. The zero-order valence-corrected chi connectivity index (χ0v) is 15.2. The highest BCUT2D eigenvalue weighted by Crippen LogP contribution is 2.21. The molecule has 2 fully saturated rings. The summed E-state index contributed by atoms with van der Waals surface area (Å²) in [6.45, 7) is 3.12. The molecule has 3 N–H and O–H groups in total. The SMILES string of the molecule is C#C[C@@H](CC(=O)O)NC(=O)[C@@H]1CCCN(C(=O)CCC2CCNCC2)C1. The van der Waals surface area contributed by atoms with Crippen molar-refractivity contribution in [2.45, 2.75) is 51.0 Å². The maximum absolute atomic E-state index is 12.5. The van der Waals surface area contributed by atoms with Crippen LogP contribution in [0.15, 0.2) is 0 Å². The van der Waals surface area contributed by atoms with Crippen LogP contribution < -0.4 is 10.6 Å². The number of aliphatic carboxylic acids is 1. The fourth-order valence-electron chi connectivity index (χ4n) is 3.69. The van der Waals surface area contributed by atoms with Gasteiger partial charge in [0.05, 0.1) is 12.3 Å². The van der Waals surface area contributed by atoms with Crippen LogP contribution >= 0.6 is 0 Å². The van der Waals surface area contributed by atoms with E-state index >= 15 is 0 Å². The summed E-state index contributed by atoms with van der Waals surface area (Å²) in [6.07, 6.45) is 10.1. The lowest BCUT2D eigenvalue weighted by Gasteiger charge is -2.33. The predicted molar refractivity (Wildman–Crippen MR) is 97.1 cm³/mol. The van der Waals surface area contributed by atoms with Crippen molar-refractivity contribution in [3.8, 4) is 12.3 Å². The molecule has 0 aromatic rings. The van der Waals surface area contributed by atoms with Gasteiger partial charge in [-0.15, -0.1) is 6.42 Å². The average Bonchev–Trinajstić information content (AvgIpc) is 2.66. The van der Waals surface area contributed by atoms with Gasteiger partial charge in [-0.05, 0) is 51.1 Å². The minimum Gasteiger partial charge on any atom is -0.481 e. The number of amides is 2. The van der Waals surface area contributed by atoms with Gasteiger partial charge in [0.15, 0.2) is 0 Å². The molecular formula is C19H29N3O4. The molecule has 144 valence electrons. The Morgan fingerprint density at radius 2 is 2.00 bits per heavy atom. The Hall–Kier alpha value is -2.07. The van der Waals surface area contributed by atoms with Crippen LogP contribution in [0, 0.1) is 24.2 Å². The van der Waals surface area contributed by atoms with E-state index in [1.54, 1.807) is 4.90 Å². The van der Waals surface area contributed by atoms with Gasteiger partial charge in [-0.3, -0.25) is 14.4 Å². The Labute approximate surface area is 154 Å². The van der Waals surface area contributed by atoms with Crippen molar-refractivity contribution < 1.29 is 19.5 Å². The number of likely N-dealkylation sites (tertiary alicyclic amines) is 1. The Balaban J connectivity index is 1.79. The lowest BCUT2D eigenvalue weighted by Crippen LogP contribution is -2.47. The molecule has 7 heteroatoms. The Bertz CT molecular complexity index is 551. The fraction of sp³-hybridized carbons (Fsp3) is 0.737. The van der Waals surface area contributed by atoms with Crippen LogP contribution in [-0.4, -0.2) is 60.0 Å². The van der Waals surface area contributed by atoms with Crippen LogP contribution in [0.1, 0.15) is 44.9 Å². The number of carboxylic acids is 1. The summed E-state index contributed by atoms with van der Waals surface area (Å²) in [4.78, 5) is 37.4. The molecule has 0 aromatic heterocycles. The van der Waals surface area contributed by atoms with Gasteiger partial charge in [0.1, 0.15) is 6.04 Å². The smallest absolute Gasteiger partial charge is 0.306 e. The molecule has 2 aliphatic rings. The molecule has 0 aromatic carbocycles. The van der Waals surface area contributed by atoms with Crippen molar-refractivity contribution in [2.24, 2.45) is 11.8 Å². The van der Waals surface area contributed by atoms with Crippen LogP contribution in [0.25, 0.3) is 0 Å². The molecule has 0 aliphatic carbocycles. The second kappa shape index (κ2) is 10.2. The summed E-state index contributed by atoms with van der Waals surface area (Å²) in [7, 11) is 0. The molecular weight excluding hydrogens is 334 g/mol. The summed E-state index contributed by atoms with van der Waals surface area (Å²) in [6, 6.07) is -0.814. The number of carbonyl (C=O) groups excluding carboxylic acids is 2. The van der Waals surface area contributed by atoms with E-state index in [0.717, 1.165) is 38.8 Å². The monoisotopic (exact) mass is 363 g/mol. The normalized spacial score (nSPS) is 22.3. The number of carboxylic acid groups (broad SMARTS) is 1. The maximum Gasteiger partial charge on any atom is 0.306 e. The average molecular weight is 363 g/mol. The van der Waals surface area contributed by atoms with E-state index in [-0.39, 0.29) is 24.2 Å². The van der Waals surface area contributed by atoms with E-state index in [4.69, 9.17) is 11.5 Å². The summed E-state index contributed by atoms with van der Waals surface area (Å²) in [5.41, 5.74) is 0. The molecule has 2 heterocycles. The first-order chi connectivity index (χ1) is 12.5. The van der Waals surface area contributed by atoms with Gasteiger partial charge >= 0.3 is 5.97 Å². The topological polar surface area (TPSA) is 98.7 Å². The van der Waals surface area contributed by atoms with Gasteiger partial charge < -0.3 is 20.6 Å². The van der Waals surface area contributed by atoms with Crippen LogP contribution in [0.3, 0.4) is 0 Å². The molecule has 2 rings (SSSR count). The number of hydrogen-bond donors (Lipinski definition) is 3. The summed E-state index contributed by atoms with van der Waals surface area (Å²) < 4.78 is 0. The minimum atomic E-state index is -1.05. The van der Waals surface area contributed by atoms with E-state index < -0.39 is 12.0 Å². The number of rotatable bonds is 7. The third-order valence-electron chi connectivity index (χ3n) is 5.27. The van der Waals surface area contributed by atoms with Crippen molar-refractivity contribution in [1.82, 2.24) is 15.5 Å². The standard InChI is InChI=1S/C19H29N3O4/c1-2-16(12-18(24)25)21-19(26)15-4-3-11-22(13-15)17(23)6-5-14-7-9-20-10-8-14/h1,14-16,20H,3-13H2,(H,21,26)(H,24,25)/t15-,16+/m1/s1. The zero-order chi connectivity index (χ0) is 18.9. The number of carbonyl (C=O) groups is 3. The lowest BCUT2D eigenvalue weighted by molar-refractivity contribution is -0.137. The largest absolute Gasteiger partial charge is 0.481 e. The summed E-state index contributed by atoms with van der Waals surface area (Å²) >= 11 is 0. The number of piperidine rings is 2. The summed E-state index contributed by atoms with van der Waals surface area (Å²) in [5, 5.41) is 14.8. The first-order valence-electron chi connectivity index (χ1n) is 9.46. The third-order valence-corrected chi connectivity index (χ3v) is 5.27. The maximum atomic E-state index is 12.5. The first-order valence-corrected chi connectivity index (χ1v) is 9.46. The predicted octanol–water partition coefficient (Wildman–Crippen LogP) is 0.598. The van der Waals surface area contributed by atoms with Gasteiger partial charge in [-0.2, -0.15) is 0 Å². The lowest BCUT2D eigenvalue weighted by atomic mass is 9.92. The van der Waals surface area contributed by atoms with Crippen molar-refractivity contribution in [3.05, 3.63) is 0 Å². The van der Waals surface area contributed by atoms with E-state index in [1.807, 2.05) is 0 Å². The molecule has 2 saturated heterocycles. The Kier molecular flexibility index (Phi) is 7.92. The fourth-order valence-corrected chi connectivity index (χ4v) is 3.69. The molecule has 0 spiro atoms. The highest BCUT2D eigenvalue weighted by atomic mass is 16.4. The Morgan fingerprint density at radius 1 is 1.27 bits per heavy atom. The highest BCUT2D eigenvalue weighted by molar-refractivity contribution is 5.82. The van der Waals surface area contributed by atoms with Crippen molar-refractivity contribution in [2.75, 3.05) is 26.2 Å². The summed E-state index contributed by atoms with van der Waals surface area (Å²) in [5.74, 6) is 1.38. The van der Waals surface area contributed by atoms with E-state index in [1.165, 1.54) is 0 Å². The molecule has 2 aliphatic heterocycles. The third kappa shape index (κ3) is 6.34. The van der Waals surface area contributed by atoms with E-state index in [2.05, 4.69) is 16.6 Å². The van der Waals surface area contributed by atoms with Crippen LogP contribution in [0.2, 0.25) is 0 Å². The van der Waals surface area contributed by atoms with Crippen LogP contribution in [-0.2, 0) is 14.4 Å². The highest BCUT2D eigenvalue weighted by Gasteiger charge is 2.29. The van der Waals surface area contributed by atoms with Gasteiger partial charge in [0.25, 0.3) is 0 Å². The van der Waals surface area contributed by atoms with Gasteiger partial charge in [0, 0.05) is 19.5 Å². The number of terminal acetylenes is 1. The first kappa shape index (κ1) is 20.2. The molecule has 2 atom stereocenters. The number of nitrogens with zero attached hydrogens (tertiary/aromatic N) is 1. The van der Waals surface area contributed by atoms with Crippen molar-refractivity contribution >= 4 is 17.8 Å². The van der Waals surface area contributed by atoms with Crippen molar-refractivity contribution in [1.29, 1.82) is 0 Å². The minimum absolute atomic E-state index is 0.111. The second-order valence-corrected chi connectivity index (χ2v) is 7.24. The number of nitrogens with one attached hydrogen (secondary N) is 2. The Morgan fingerprint density at radius 3 is 2.65 bits per heavy atom. The van der Waals surface area contributed by atoms with E-state index in [0.29, 0.717) is 31.8 Å². The van der Waals surface area contributed by atoms with Gasteiger partial charge in [-0.1, -0.05) is 5.92 Å². The van der Waals surface area contributed by atoms with E-state index in [9.17, 15) is 14.4 Å². The quantitative estimate of drug-likeness (QED) is 0.575. The molecule has 26 heavy (non-hydrogen) atoms. The molecule has 0 unspecified atom stereocenters. The van der Waals surface area contributed by atoms with Crippen molar-refractivity contribution in [3.63, 3.8) is 0 Å². The van der Waals surface area contributed by atoms with Crippen LogP contribution in [0.5, 0.6) is 0 Å². The molecule has 0 radical (unpaired) electrons. The number of hydrogen-bond acceptors (Lipinski definition) is 4. The van der Waals surface area contributed by atoms with Crippen LogP contribution in [0.4, 0.5) is 0 Å². The second-order valence-electron chi connectivity index (χ2n) is 7.24. The molecule has 7 nitrogen and oxygen atoms in total. The van der Waals surface area contributed by atoms with Gasteiger partial charge in [0.2, 0.25) is 11.8 Å². The zero-order valence-electron chi connectivity index (χ0n) is 15.2. The van der Waals surface area contributed by atoms with Gasteiger partial charge in [-0.25, -0.2) is 0 Å². The molecule has 0 bridgehead atoms.